The molecule has 8 heteroatoms. The van der Waals surface area contributed by atoms with Gasteiger partial charge in [0.05, 0.1) is 24.2 Å². The van der Waals surface area contributed by atoms with E-state index in [4.69, 9.17) is 37.7 Å². The number of methoxy groups -OCH3 is 1. The second-order valence-electron chi connectivity index (χ2n) is 9.91. The van der Waals surface area contributed by atoms with E-state index in [2.05, 4.69) is 11.7 Å². The smallest absolute Gasteiger partial charge is 0.282 e. The zero-order chi connectivity index (χ0) is 28.1. The molecule has 0 bridgehead atoms. The molecule has 4 aromatic rings. The Morgan fingerprint density at radius 3 is 2.62 bits per heavy atom. The van der Waals surface area contributed by atoms with E-state index in [1.54, 1.807) is 37.6 Å². The van der Waals surface area contributed by atoms with Gasteiger partial charge in [0.2, 0.25) is 0 Å². The molecular weight excluding hydrogens is 545 g/mol. The molecule has 0 N–H and O–H groups in total. The molecule has 0 saturated heterocycles. The van der Waals surface area contributed by atoms with Crippen LogP contribution in [0.2, 0.25) is 10.0 Å². The van der Waals surface area contributed by atoms with Crippen LogP contribution in [0.5, 0.6) is 11.5 Å². The predicted octanol–water partition coefficient (Wildman–Crippen LogP) is 7.95. The molecular formula is C32H31Cl2N3O3. The average molecular weight is 577 g/mol. The highest BCUT2D eigenvalue weighted by Gasteiger charge is 2.22. The zero-order valence-electron chi connectivity index (χ0n) is 22.4. The quantitative estimate of drug-likeness (QED) is 0.150. The molecule has 6 nitrogen and oxygen atoms in total. The molecule has 1 aromatic heterocycles. The number of allylic oxidation sites excluding steroid dienone is 1. The summed E-state index contributed by atoms with van der Waals surface area (Å²) in [6.45, 7) is 4.15. The lowest BCUT2D eigenvalue weighted by molar-refractivity contribution is 0.282. The van der Waals surface area contributed by atoms with Crippen molar-refractivity contribution in [1.29, 1.82) is 0 Å². The van der Waals surface area contributed by atoms with Gasteiger partial charge in [-0.05, 0) is 61.2 Å². The summed E-state index contributed by atoms with van der Waals surface area (Å²) in [6, 6.07) is 16.6. The number of halogens is 2. The van der Waals surface area contributed by atoms with Gasteiger partial charge in [-0.2, -0.15) is 9.78 Å². The second-order valence-corrected chi connectivity index (χ2v) is 10.8. The number of para-hydroxylation sites is 1. The van der Waals surface area contributed by atoms with E-state index in [1.807, 2.05) is 36.4 Å². The molecule has 0 radical (unpaired) electrons. The molecule has 0 aliphatic heterocycles. The number of ether oxygens (including phenoxy) is 2. The summed E-state index contributed by atoms with van der Waals surface area (Å²) in [5.41, 5.74) is 2.98. The van der Waals surface area contributed by atoms with Gasteiger partial charge in [0, 0.05) is 27.1 Å². The maximum Gasteiger partial charge on any atom is 0.282 e. The van der Waals surface area contributed by atoms with Gasteiger partial charge in [-0.15, -0.1) is 6.58 Å². The standard InChI is InChI=1S/C32H31Cl2N3O3/c1-3-9-23-16-21(17-29(39-2)30(23)40-20-24-14-15-25(33)18-27(24)34)19-35-37-31(22-10-5-4-6-11-22)36-28-13-8-7-12-26(28)32(37)38/h3,7-8,12-19,22H,1,4-6,9-11,20H2,2H3. The normalized spacial score (nSPS) is 14.1. The van der Waals surface area contributed by atoms with Crippen molar-refractivity contribution < 1.29 is 9.47 Å². The van der Waals surface area contributed by atoms with Crippen LogP contribution in [0.1, 0.15) is 60.5 Å². The van der Waals surface area contributed by atoms with Gasteiger partial charge in [-0.1, -0.05) is 66.7 Å². The molecule has 5 rings (SSSR count). The average Bonchev–Trinajstić information content (AvgIpc) is 2.97. The van der Waals surface area contributed by atoms with Gasteiger partial charge in [-0.25, -0.2) is 4.98 Å². The van der Waals surface area contributed by atoms with Crippen LogP contribution in [0, 0.1) is 0 Å². The molecule has 1 aliphatic carbocycles. The number of benzene rings is 3. The van der Waals surface area contributed by atoms with E-state index < -0.39 is 0 Å². The highest BCUT2D eigenvalue weighted by molar-refractivity contribution is 6.35. The first-order chi connectivity index (χ1) is 19.5. The first-order valence-electron chi connectivity index (χ1n) is 13.4. The van der Waals surface area contributed by atoms with Crippen molar-refractivity contribution in [3.63, 3.8) is 0 Å². The molecule has 0 unspecified atom stereocenters. The van der Waals surface area contributed by atoms with Crippen LogP contribution in [-0.2, 0) is 13.0 Å². The van der Waals surface area contributed by atoms with E-state index in [1.165, 1.54) is 11.1 Å². The SMILES string of the molecule is C=CCc1cc(C=Nn2c(C3CCCCC3)nc3ccccc3c2=O)cc(OC)c1OCc1ccc(Cl)cc1Cl. The predicted molar refractivity (Wildman–Crippen MR) is 163 cm³/mol. The zero-order valence-corrected chi connectivity index (χ0v) is 23.9. The molecule has 1 aliphatic rings. The number of hydrogen-bond donors (Lipinski definition) is 0. The summed E-state index contributed by atoms with van der Waals surface area (Å²) in [4.78, 5) is 18.5. The lowest BCUT2D eigenvalue weighted by Crippen LogP contribution is -2.25. The van der Waals surface area contributed by atoms with Crippen molar-refractivity contribution in [1.82, 2.24) is 9.66 Å². The Balaban J connectivity index is 1.52. The van der Waals surface area contributed by atoms with Crippen molar-refractivity contribution in [2.24, 2.45) is 5.10 Å². The Bertz CT molecular complexity index is 1620. The first kappa shape index (κ1) is 27.9. The Labute approximate surface area is 243 Å². The van der Waals surface area contributed by atoms with Crippen LogP contribution in [0.15, 0.2) is 77.1 Å². The number of nitrogens with zero attached hydrogens (tertiary/aromatic N) is 3. The fraction of sp³-hybridized carbons (Fsp3) is 0.281. The minimum Gasteiger partial charge on any atom is -0.493 e. The highest BCUT2D eigenvalue weighted by Crippen LogP contribution is 2.35. The van der Waals surface area contributed by atoms with E-state index in [0.717, 1.165) is 48.2 Å². The molecule has 0 atom stereocenters. The third-order valence-corrected chi connectivity index (χ3v) is 7.78. The van der Waals surface area contributed by atoms with Crippen molar-refractivity contribution in [2.45, 2.75) is 51.0 Å². The van der Waals surface area contributed by atoms with Crippen molar-refractivity contribution in [2.75, 3.05) is 7.11 Å². The molecule has 1 heterocycles. The van der Waals surface area contributed by atoms with Gasteiger partial charge in [0.15, 0.2) is 11.5 Å². The van der Waals surface area contributed by atoms with E-state index in [9.17, 15) is 4.79 Å². The van der Waals surface area contributed by atoms with Gasteiger partial charge in [0.25, 0.3) is 5.56 Å². The number of hydrogen-bond acceptors (Lipinski definition) is 5. The highest BCUT2D eigenvalue weighted by atomic mass is 35.5. The Morgan fingerprint density at radius 1 is 1.07 bits per heavy atom. The van der Waals surface area contributed by atoms with Crippen LogP contribution in [-0.4, -0.2) is 23.0 Å². The second kappa shape index (κ2) is 12.7. The molecule has 3 aromatic carbocycles. The summed E-state index contributed by atoms with van der Waals surface area (Å²) < 4.78 is 13.4. The van der Waals surface area contributed by atoms with Crippen LogP contribution >= 0.6 is 23.2 Å². The van der Waals surface area contributed by atoms with Gasteiger partial charge in [-0.3, -0.25) is 4.79 Å². The van der Waals surface area contributed by atoms with Crippen LogP contribution in [0.3, 0.4) is 0 Å². The molecule has 40 heavy (non-hydrogen) atoms. The van der Waals surface area contributed by atoms with E-state index >= 15 is 0 Å². The molecule has 0 spiro atoms. The fourth-order valence-corrected chi connectivity index (χ4v) is 5.63. The minimum absolute atomic E-state index is 0.166. The molecule has 1 saturated carbocycles. The van der Waals surface area contributed by atoms with Crippen molar-refractivity contribution in [3.05, 3.63) is 110 Å². The third kappa shape index (κ3) is 6.08. The largest absolute Gasteiger partial charge is 0.493 e. The fourth-order valence-electron chi connectivity index (χ4n) is 5.17. The van der Waals surface area contributed by atoms with Gasteiger partial charge >= 0.3 is 0 Å². The first-order valence-corrected chi connectivity index (χ1v) is 14.2. The summed E-state index contributed by atoms with van der Waals surface area (Å²) in [6.07, 6.45) is 9.50. The monoisotopic (exact) mass is 575 g/mol. The van der Waals surface area contributed by atoms with Crippen LogP contribution < -0.4 is 15.0 Å². The van der Waals surface area contributed by atoms with Crippen molar-refractivity contribution >= 4 is 40.3 Å². The summed E-state index contributed by atoms with van der Waals surface area (Å²) in [7, 11) is 1.59. The van der Waals surface area contributed by atoms with E-state index in [0.29, 0.717) is 38.9 Å². The Hall–Kier alpha value is -3.61. The minimum atomic E-state index is -0.166. The van der Waals surface area contributed by atoms with Gasteiger partial charge in [0.1, 0.15) is 12.4 Å². The number of fused-ring (bicyclic) bond motifs is 1. The summed E-state index contributed by atoms with van der Waals surface area (Å²) in [5, 5.41) is 6.33. The number of rotatable bonds is 9. The molecule has 206 valence electrons. The number of aromatic nitrogens is 2. The lowest BCUT2D eigenvalue weighted by atomic mass is 9.88. The molecule has 0 amide bonds. The van der Waals surface area contributed by atoms with Crippen LogP contribution in [0.25, 0.3) is 10.9 Å². The Kier molecular flexibility index (Phi) is 8.88. The topological polar surface area (TPSA) is 65.7 Å². The van der Waals surface area contributed by atoms with E-state index in [-0.39, 0.29) is 18.1 Å². The summed E-state index contributed by atoms with van der Waals surface area (Å²) in [5.74, 6) is 2.06. The van der Waals surface area contributed by atoms with Gasteiger partial charge < -0.3 is 9.47 Å². The third-order valence-electron chi connectivity index (χ3n) is 7.20. The summed E-state index contributed by atoms with van der Waals surface area (Å²) >= 11 is 12.4. The lowest BCUT2D eigenvalue weighted by Gasteiger charge is -2.22. The Morgan fingerprint density at radius 2 is 1.88 bits per heavy atom. The van der Waals surface area contributed by atoms with Crippen LogP contribution in [0.4, 0.5) is 0 Å². The van der Waals surface area contributed by atoms with Crippen molar-refractivity contribution in [3.8, 4) is 11.5 Å². The molecule has 1 fully saturated rings. The maximum atomic E-state index is 13.6. The maximum absolute atomic E-state index is 13.6.